The van der Waals surface area contributed by atoms with Crippen molar-refractivity contribution in [1.82, 2.24) is 15.0 Å². The van der Waals surface area contributed by atoms with Crippen molar-refractivity contribution in [2.45, 2.75) is 0 Å². The number of hydrogen-bond donors (Lipinski definition) is 0. The van der Waals surface area contributed by atoms with Crippen molar-refractivity contribution in [3.05, 3.63) is 212 Å². The second-order valence-electron chi connectivity index (χ2n) is 14.8. The Labute approximate surface area is 336 Å². The lowest BCUT2D eigenvalue weighted by atomic mass is 9.84. The van der Waals surface area contributed by atoms with E-state index >= 15 is 0 Å². The molecule has 0 saturated heterocycles. The van der Waals surface area contributed by atoms with Gasteiger partial charge in [0, 0.05) is 16.7 Å². The van der Waals surface area contributed by atoms with E-state index in [1.54, 1.807) is 0 Å². The Bertz CT molecular complexity index is 3180. The van der Waals surface area contributed by atoms with Crippen LogP contribution in [0.25, 0.3) is 111 Å². The summed E-state index contributed by atoms with van der Waals surface area (Å²) in [6, 6.07) is 75.5. The van der Waals surface area contributed by atoms with Gasteiger partial charge in [-0.3, -0.25) is 0 Å². The second kappa shape index (κ2) is 14.1. The van der Waals surface area contributed by atoms with Crippen LogP contribution >= 0.6 is 0 Å². The quantitative estimate of drug-likeness (QED) is 0.160. The highest BCUT2D eigenvalue weighted by molar-refractivity contribution is 6.22. The molecule has 11 aromatic rings. The first-order valence-corrected chi connectivity index (χ1v) is 19.7. The highest BCUT2D eigenvalue weighted by Gasteiger charge is 2.19. The summed E-state index contributed by atoms with van der Waals surface area (Å²) in [6.45, 7) is 0. The van der Waals surface area contributed by atoms with E-state index < -0.39 is 0 Å². The predicted molar refractivity (Wildman–Crippen MR) is 242 cm³/mol. The van der Waals surface area contributed by atoms with Crippen LogP contribution in [0, 0.1) is 0 Å². The molecule has 11 rings (SSSR count). The molecule has 0 aliphatic heterocycles. The lowest BCUT2D eigenvalue weighted by Gasteiger charge is -2.19. The minimum Gasteiger partial charge on any atom is -0.208 e. The molecule has 0 radical (unpaired) electrons. The van der Waals surface area contributed by atoms with Crippen LogP contribution in [-0.4, -0.2) is 15.0 Å². The van der Waals surface area contributed by atoms with Gasteiger partial charge in [0.1, 0.15) is 0 Å². The van der Waals surface area contributed by atoms with Crippen LogP contribution in [0.3, 0.4) is 0 Å². The van der Waals surface area contributed by atoms with Crippen LogP contribution < -0.4 is 0 Å². The van der Waals surface area contributed by atoms with Gasteiger partial charge in [-0.25, -0.2) is 15.0 Å². The molecule has 58 heavy (non-hydrogen) atoms. The minimum absolute atomic E-state index is 0.635. The van der Waals surface area contributed by atoms with E-state index in [-0.39, 0.29) is 0 Å². The van der Waals surface area contributed by atoms with E-state index in [0.29, 0.717) is 17.5 Å². The largest absolute Gasteiger partial charge is 0.208 e. The Balaban J connectivity index is 1.07. The molecule has 270 valence electrons. The van der Waals surface area contributed by atoms with Crippen LogP contribution in [0.2, 0.25) is 0 Å². The van der Waals surface area contributed by atoms with Gasteiger partial charge in [0.2, 0.25) is 0 Å². The Hall–Kier alpha value is -7.75. The zero-order valence-corrected chi connectivity index (χ0v) is 31.5. The molecule has 0 spiro atoms. The maximum absolute atomic E-state index is 5.13. The van der Waals surface area contributed by atoms with Gasteiger partial charge in [0.25, 0.3) is 0 Å². The van der Waals surface area contributed by atoms with Crippen molar-refractivity contribution in [3.63, 3.8) is 0 Å². The summed E-state index contributed by atoms with van der Waals surface area (Å²) in [6.07, 6.45) is 0. The summed E-state index contributed by atoms with van der Waals surface area (Å²) in [4.78, 5) is 15.3. The fourth-order valence-corrected chi connectivity index (χ4v) is 8.51. The van der Waals surface area contributed by atoms with Gasteiger partial charge in [-0.1, -0.05) is 200 Å². The molecule has 1 aromatic heterocycles. The lowest BCUT2D eigenvalue weighted by molar-refractivity contribution is 1.08. The van der Waals surface area contributed by atoms with Gasteiger partial charge in [0.15, 0.2) is 17.5 Å². The van der Waals surface area contributed by atoms with Crippen molar-refractivity contribution in [1.29, 1.82) is 0 Å². The van der Waals surface area contributed by atoms with Crippen molar-refractivity contribution < 1.29 is 0 Å². The third kappa shape index (κ3) is 5.89. The number of rotatable bonds is 6. The van der Waals surface area contributed by atoms with Crippen LogP contribution in [0.1, 0.15) is 0 Å². The van der Waals surface area contributed by atoms with E-state index in [4.69, 9.17) is 15.0 Å². The molecule has 0 amide bonds. The molecule has 0 fully saturated rings. The lowest BCUT2D eigenvalue weighted by Crippen LogP contribution is -2.00. The van der Waals surface area contributed by atoms with Crippen LogP contribution in [0.15, 0.2) is 212 Å². The normalized spacial score (nSPS) is 11.4. The molecular formula is C55H35N3. The number of hydrogen-bond acceptors (Lipinski definition) is 3. The molecule has 0 aliphatic carbocycles. The minimum atomic E-state index is 0.635. The van der Waals surface area contributed by atoms with Crippen LogP contribution in [0.5, 0.6) is 0 Å². The third-order valence-corrected chi connectivity index (χ3v) is 11.3. The molecule has 10 aromatic carbocycles. The molecule has 1 heterocycles. The maximum atomic E-state index is 5.13. The zero-order valence-electron chi connectivity index (χ0n) is 31.5. The van der Waals surface area contributed by atoms with Crippen LogP contribution in [-0.2, 0) is 0 Å². The average Bonchev–Trinajstić information content (AvgIpc) is 3.30. The Morgan fingerprint density at radius 2 is 0.603 bits per heavy atom. The fourth-order valence-electron chi connectivity index (χ4n) is 8.51. The average molecular weight is 738 g/mol. The third-order valence-electron chi connectivity index (χ3n) is 11.3. The highest BCUT2D eigenvalue weighted by atomic mass is 15.0. The first-order chi connectivity index (χ1) is 28.7. The standard InChI is InChI=1S/C55H35N3/c1-2-16-38(17-3-1)45-20-8-9-21-46(45)52-49-24-12-10-22-47(49)51(48-23-11-13-25-50(48)52)39-28-30-40(31-29-39)53-56-54(43-32-26-36-14-4-6-18-41(36)34-43)58-55(57-53)44-33-27-37-15-5-7-19-42(37)35-44/h1-35H. The van der Waals surface area contributed by atoms with Gasteiger partial charge in [-0.2, -0.15) is 0 Å². The molecule has 0 bridgehead atoms. The van der Waals surface area contributed by atoms with Crippen molar-refractivity contribution in [2.75, 3.05) is 0 Å². The molecule has 0 unspecified atom stereocenters. The molecule has 0 aliphatic rings. The number of nitrogens with zero attached hydrogens (tertiary/aromatic N) is 3. The first-order valence-electron chi connectivity index (χ1n) is 19.7. The molecule has 3 nitrogen and oxygen atoms in total. The van der Waals surface area contributed by atoms with Crippen molar-refractivity contribution in [3.8, 4) is 67.5 Å². The van der Waals surface area contributed by atoms with Gasteiger partial charge in [0.05, 0.1) is 0 Å². The Morgan fingerprint density at radius 1 is 0.224 bits per heavy atom. The Morgan fingerprint density at radius 3 is 1.14 bits per heavy atom. The van der Waals surface area contributed by atoms with Gasteiger partial charge >= 0.3 is 0 Å². The summed E-state index contributed by atoms with van der Waals surface area (Å²) < 4.78 is 0. The Kier molecular flexibility index (Phi) is 8.15. The van der Waals surface area contributed by atoms with Gasteiger partial charge < -0.3 is 0 Å². The molecule has 0 N–H and O–H groups in total. The maximum Gasteiger partial charge on any atom is 0.164 e. The summed E-state index contributed by atoms with van der Waals surface area (Å²) >= 11 is 0. The van der Waals surface area contributed by atoms with Crippen molar-refractivity contribution in [2.24, 2.45) is 0 Å². The number of aromatic nitrogens is 3. The van der Waals surface area contributed by atoms with E-state index in [0.717, 1.165) is 33.0 Å². The van der Waals surface area contributed by atoms with Crippen LogP contribution in [0.4, 0.5) is 0 Å². The molecular weight excluding hydrogens is 703 g/mol. The number of benzene rings is 10. The fraction of sp³-hybridized carbons (Fsp3) is 0. The predicted octanol–water partition coefficient (Wildman–Crippen LogP) is 14.5. The molecule has 0 saturated carbocycles. The van der Waals surface area contributed by atoms with E-state index in [1.165, 1.54) is 60.1 Å². The smallest absolute Gasteiger partial charge is 0.164 e. The molecule has 3 heteroatoms. The topological polar surface area (TPSA) is 38.7 Å². The van der Waals surface area contributed by atoms with E-state index in [2.05, 4.69) is 212 Å². The van der Waals surface area contributed by atoms with Crippen molar-refractivity contribution >= 4 is 43.1 Å². The first kappa shape index (κ1) is 33.6. The van der Waals surface area contributed by atoms with Gasteiger partial charge in [-0.15, -0.1) is 0 Å². The SMILES string of the molecule is c1ccc(-c2ccccc2-c2c3ccccc3c(-c3ccc(-c4nc(-c5ccc6ccccc6c5)nc(-c5ccc6ccccc6c5)n4)cc3)c3ccccc23)cc1. The number of fused-ring (bicyclic) bond motifs is 4. The highest BCUT2D eigenvalue weighted by Crippen LogP contribution is 2.46. The monoisotopic (exact) mass is 737 g/mol. The summed E-state index contributed by atoms with van der Waals surface area (Å²) in [5.41, 5.74) is 10.1. The summed E-state index contributed by atoms with van der Waals surface area (Å²) in [5, 5.41) is 9.52. The zero-order chi connectivity index (χ0) is 38.4. The molecule has 0 atom stereocenters. The summed E-state index contributed by atoms with van der Waals surface area (Å²) in [5.74, 6) is 1.92. The van der Waals surface area contributed by atoms with Gasteiger partial charge in [-0.05, 0) is 88.6 Å². The summed E-state index contributed by atoms with van der Waals surface area (Å²) in [7, 11) is 0. The second-order valence-corrected chi connectivity index (χ2v) is 14.8. The van der Waals surface area contributed by atoms with E-state index in [9.17, 15) is 0 Å². The van der Waals surface area contributed by atoms with E-state index in [1.807, 2.05) is 0 Å².